The molecule has 1 aliphatic carbocycles. The van der Waals surface area contributed by atoms with Gasteiger partial charge in [0.25, 0.3) is 0 Å². The number of fused-ring (bicyclic) bond motifs is 3. The molecule has 1 heterocycles. The summed E-state index contributed by atoms with van der Waals surface area (Å²) < 4.78 is 46.1. The lowest BCUT2D eigenvalue weighted by atomic mass is 9.77. The van der Waals surface area contributed by atoms with Gasteiger partial charge in [0.05, 0.1) is 18.6 Å². The predicted molar refractivity (Wildman–Crippen MR) is 114 cm³/mol. The summed E-state index contributed by atoms with van der Waals surface area (Å²) in [6.45, 7) is -0.751. The Morgan fingerprint density at radius 3 is 2.53 bits per heavy atom. The number of nitrogens with zero attached hydrogens (tertiary/aromatic N) is 1. The molecule has 34 heavy (non-hydrogen) atoms. The number of carbonyl (C=O) groups excluding carboxylic acids is 3. The summed E-state index contributed by atoms with van der Waals surface area (Å²) in [7, 11) is 0. The van der Waals surface area contributed by atoms with Gasteiger partial charge in [-0.25, -0.2) is 0 Å². The Morgan fingerprint density at radius 1 is 1.18 bits per heavy atom. The number of ketones is 1. The minimum atomic E-state index is -4.76. The first-order valence-electron chi connectivity index (χ1n) is 10.9. The van der Waals surface area contributed by atoms with E-state index < -0.39 is 48.7 Å². The third-order valence-electron chi connectivity index (χ3n) is 5.83. The van der Waals surface area contributed by atoms with Crippen LogP contribution in [0.1, 0.15) is 37.7 Å². The largest absolute Gasteiger partial charge is 0.486 e. The fourth-order valence-electron chi connectivity index (χ4n) is 4.38. The van der Waals surface area contributed by atoms with Gasteiger partial charge in [-0.3, -0.25) is 9.59 Å². The van der Waals surface area contributed by atoms with Crippen LogP contribution in [0.2, 0.25) is 0 Å². The van der Waals surface area contributed by atoms with Crippen molar-refractivity contribution >= 4 is 17.6 Å². The van der Waals surface area contributed by atoms with Crippen LogP contribution in [-0.4, -0.2) is 76.8 Å². The first-order valence-corrected chi connectivity index (χ1v) is 10.9. The Hall–Kier alpha value is -2.92. The third-order valence-corrected chi connectivity index (χ3v) is 5.83. The molecule has 0 fully saturated rings. The second-order valence-corrected chi connectivity index (χ2v) is 8.37. The molecule has 0 saturated carbocycles. The van der Waals surface area contributed by atoms with Crippen LogP contribution in [0.5, 0.6) is 5.75 Å². The number of halogens is 3. The molecule has 3 rings (SSSR count). The van der Waals surface area contributed by atoms with Gasteiger partial charge in [-0.2, -0.15) is 13.2 Å². The highest BCUT2D eigenvalue weighted by Gasteiger charge is 2.51. The molecule has 0 aromatic heterocycles. The van der Waals surface area contributed by atoms with Crippen molar-refractivity contribution in [3.8, 4) is 5.75 Å². The van der Waals surface area contributed by atoms with Gasteiger partial charge >= 0.3 is 6.18 Å². The van der Waals surface area contributed by atoms with E-state index in [-0.39, 0.29) is 43.8 Å². The van der Waals surface area contributed by atoms with Gasteiger partial charge in [0.1, 0.15) is 30.3 Å². The molecule has 2 amide bonds. The molecule has 186 valence electrons. The van der Waals surface area contributed by atoms with Crippen molar-refractivity contribution in [3.05, 3.63) is 41.5 Å². The number of aliphatic hydroxyl groups excluding tert-OH is 2. The highest BCUT2D eigenvalue weighted by atomic mass is 19.4. The zero-order chi connectivity index (χ0) is 25.0. The van der Waals surface area contributed by atoms with Crippen LogP contribution in [-0.2, 0) is 14.4 Å². The maximum Gasteiger partial charge on any atom is 0.406 e. The van der Waals surface area contributed by atoms with Crippen molar-refractivity contribution < 1.29 is 42.5 Å². The van der Waals surface area contributed by atoms with E-state index >= 15 is 0 Å². The van der Waals surface area contributed by atoms with Crippen molar-refractivity contribution in [1.82, 2.24) is 10.2 Å². The highest BCUT2D eigenvalue weighted by Crippen LogP contribution is 2.47. The van der Waals surface area contributed by atoms with E-state index in [1.54, 1.807) is 24.3 Å². The van der Waals surface area contributed by atoms with E-state index in [0.717, 1.165) is 0 Å². The zero-order valence-corrected chi connectivity index (χ0v) is 18.5. The average Bonchev–Trinajstić information content (AvgIpc) is 3.15. The zero-order valence-electron chi connectivity index (χ0n) is 18.5. The normalized spacial score (nSPS) is 23.3. The Balaban J connectivity index is 2.00. The summed E-state index contributed by atoms with van der Waals surface area (Å²) in [6, 6.07) is 5.22. The van der Waals surface area contributed by atoms with Gasteiger partial charge in [-0.15, -0.1) is 0 Å². The minimum Gasteiger partial charge on any atom is -0.486 e. The van der Waals surface area contributed by atoms with Gasteiger partial charge in [-0.1, -0.05) is 18.2 Å². The molecule has 0 saturated heterocycles. The molecule has 8 nitrogen and oxygen atoms in total. The number of carbonyl (C=O) groups is 3. The standard InChI is InChI=1S/C23H27F3N2O6/c1-13(30)5-4-8-18(31)28(12-23(24,25)26)16-11-15(22(33)27-9-10-29)19-14-6-2-3-7-17(14)34-21(19)20(16)32/h2-3,6-7,11,16,19-21,29,32H,4-5,8-10,12H2,1H3,(H,27,33). The minimum absolute atomic E-state index is 0.0343. The predicted octanol–water partition coefficient (Wildman–Crippen LogP) is 1.46. The van der Waals surface area contributed by atoms with Crippen LogP contribution < -0.4 is 10.1 Å². The molecule has 1 aromatic rings. The molecule has 2 aliphatic rings. The molecule has 4 unspecified atom stereocenters. The second-order valence-electron chi connectivity index (χ2n) is 8.37. The Kier molecular flexibility index (Phi) is 7.98. The fourth-order valence-corrected chi connectivity index (χ4v) is 4.38. The van der Waals surface area contributed by atoms with Gasteiger partial charge in [-0.05, 0) is 25.5 Å². The van der Waals surface area contributed by atoms with E-state index in [9.17, 15) is 32.7 Å². The number of hydrogen-bond acceptors (Lipinski definition) is 6. The number of hydrogen-bond donors (Lipinski definition) is 3. The van der Waals surface area contributed by atoms with Crippen molar-refractivity contribution in [2.75, 3.05) is 19.7 Å². The molecule has 3 N–H and O–H groups in total. The SMILES string of the molecule is CC(=O)CCCC(=O)N(CC(F)(F)F)C1C=C(C(=O)NCCO)C2c3ccccc3OC2C1O. The monoisotopic (exact) mass is 484 g/mol. The first-order chi connectivity index (χ1) is 16.0. The van der Waals surface area contributed by atoms with E-state index in [0.29, 0.717) is 16.2 Å². The van der Waals surface area contributed by atoms with Crippen LogP contribution in [0, 0.1) is 0 Å². The van der Waals surface area contributed by atoms with E-state index in [4.69, 9.17) is 9.84 Å². The third kappa shape index (κ3) is 5.76. The Labute approximate surface area is 194 Å². The summed E-state index contributed by atoms with van der Waals surface area (Å²) in [5.74, 6) is -2.12. The molecule has 11 heteroatoms. The first kappa shape index (κ1) is 25.7. The number of para-hydroxylation sites is 1. The van der Waals surface area contributed by atoms with Gasteiger partial charge < -0.3 is 30.0 Å². The smallest absolute Gasteiger partial charge is 0.406 e. The summed E-state index contributed by atoms with van der Waals surface area (Å²) >= 11 is 0. The number of alkyl halides is 3. The quantitative estimate of drug-likeness (QED) is 0.489. The Morgan fingerprint density at radius 2 is 1.88 bits per heavy atom. The molecule has 0 radical (unpaired) electrons. The van der Waals surface area contributed by atoms with Gasteiger partial charge in [0.2, 0.25) is 11.8 Å². The van der Waals surface area contributed by atoms with Gasteiger partial charge in [0, 0.05) is 30.5 Å². The summed E-state index contributed by atoms with van der Waals surface area (Å²) in [6.07, 6.45) is -6.46. The molecular weight excluding hydrogens is 457 g/mol. The highest BCUT2D eigenvalue weighted by molar-refractivity contribution is 5.96. The molecule has 4 atom stereocenters. The van der Waals surface area contributed by atoms with Crippen LogP contribution in [0.3, 0.4) is 0 Å². The number of amides is 2. The lowest BCUT2D eigenvalue weighted by Crippen LogP contribution is -2.57. The number of ether oxygens (including phenoxy) is 1. The summed E-state index contributed by atoms with van der Waals surface area (Å²) in [5, 5.41) is 22.6. The topological polar surface area (TPSA) is 116 Å². The summed E-state index contributed by atoms with van der Waals surface area (Å²) in [5.41, 5.74) is 0.632. The average molecular weight is 484 g/mol. The number of benzene rings is 1. The Bertz CT molecular complexity index is 964. The molecule has 0 spiro atoms. The van der Waals surface area contributed by atoms with E-state index in [1.807, 2.05) is 0 Å². The maximum atomic E-state index is 13.4. The number of nitrogens with one attached hydrogen (secondary N) is 1. The number of rotatable bonds is 9. The van der Waals surface area contributed by atoms with Crippen LogP contribution in [0.15, 0.2) is 35.9 Å². The van der Waals surface area contributed by atoms with Gasteiger partial charge in [0.15, 0.2) is 0 Å². The maximum absolute atomic E-state index is 13.4. The second kappa shape index (κ2) is 10.6. The van der Waals surface area contributed by atoms with Crippen molar-refractivity contribution in [2.24, 2.45) is 0 Å². The molecule has 0 bridgehead atoms. The van der Waals surface area contributed by atoms with Crippen molar-refractivity contribution in [2.45, 2.75) is 56.5 Å². The van der Waals surface area contributed by atoms with Crippen LogP contribution in [0.4, 0.5) is 13.2 Å². The number of aliphatic hydroxyl groups is 2. The van der Waals surface area contributed by atoms with Crippen molar-refractivity contribution in [3.63, 3.8) is 0 Å². The number of Topliss-reactive ketones (excluding diaryl/α,β-unsaturated/α-hetero) is 1. The fraction of sp³-hybridized carbons (Fsp3) is 0.522. The van der Waals surface area contributed by atoms with Crippen LogP contribution >= 0.6 is 0 Å². The molecular formula is C23H27F3N2O6. The van der Waals surface area contributed by atoms with Crippen LogP contribution in [0.25, 0.3) is 0 Å². The lowest BCUT2D eigenvalue weighted by molar-refractivity contribution is -0.170. The van der Waals surface area contributed by atoms with E-state index in [1.165, 1.54) is 13.0 Å². The lowest BCUT2D eigenvalue weighted by Gasteiger charge is -2.41. The van der Waals surface area contributed by atoms with E-state index in [2.05, 4.69) is 5.32 Å². The molecule has 1 aromatic carbocycles. The molecule has 1 aliphatic heterocycles. The summed E-state index contributed by atoms with van der Waals surface area (Å²) in [4.78, 5) is 37.4. The van der Waals surface area contributed by atoms with Crippen molar-refractivity contribution in [1.29, 1.82) is 0 Å².